The van der Waals surface area contributed by atoms with E-state index in [2.05, 4.69) is 55.7 Å². The molecular weight excluding hydrogens is 240 g/mol. The molecule has 2 nitrogen and oxygen atoms in total. The van der Waals surface area contributed by atoms with E-state index in [9.17, 15) is 0 Å². The maximum atomic E-state index is 5.16. The van der Waals surface area contributed by atoms with Crippen LogP contribution in [0.2, 0.25) is 0 Å². The Kier molecular flexibility index (Phi) is 6.13. The van der Waals surface area contributed by atoms with Crippen LogP contribution in [0.15, 0.2) is 24.3 Å². The zero-order valence-electron chi connectivity index (χ0n) is 11.8. The van der Waals surface area contributed by atoms with Crippen molar-refractivity contribution in [3.63, 3.8) is 0 Å². The van der Waals surface area contributed by atoms with Crippen molar-refractivity contribution in [2.24, 2.45) is 0 Å². The maximum Gasteiger partial charge on any atom is 0.166 e. The highest BCUT2D eigenvalue weighted by molar-refractivity contribution is 7.80. The van der Waals surface area contributed by atoms with Gasteiger partial charge in [0.1, 0.15) is 0 Å². The number of hydrogen-bond donors (Lipinski definition) is 2. The fraction of sp³-hybridized carbons (Fsp3) is 0.533. The topological polar surface area (TPSA) is 24.1 Å². The molecule has 100 valence electrons. The Bertz CT molecular complexity index is 373. The minimum atomic E-state index is 0.288. The van der Waals surface area contributed by atoms with Crippen molar-refractivity contribution in [2.75, 3.05) is 7.05 Å². The molecule has 0 amide bonds. The standard InChI is InChI=1S/C15H24N2S/c1-5-11(3)12-7-9-13(10-8-12)14(6-2)17-15(18)16-4/h7-11,14H,5-6H2,1-4H3,(H2,16,17,18). The SMILES string of the molecule is CCC(C)c1ccc(C(CC)NC(=S)NC)cc1. The van der Waals surface area contributed by atoms with Gasteiger partial charge in [-0.25, -0.2) is 0 Å². The van der Waals surface area contributed by atoms with Crippen LogP contribution in [0, 0.1) is 0 Å². The average Bonchev–Trinajstić information content (AvgIpc) is 2.43. The van der Waals surface area contributed by atoms with Gasteiger partial charge in [-0.15, -0.1) is 0 Å². The van der Waals surface area contributed by atoms with Crippen LogP contribution < -0.4 is 10.6 Å². The van der Waals surface area contributed by atoms with Crippen molar-refractivity contribution >= 4 is 17.3 Å². The van der Waals surface area contributed by atoms with E-state index in [1.54, 1.807) is 0 Å². The van der Waals surface area contributed by atoms with E-state index < -0.39 is 0 Å². The summed E-state index contributed by atoms with van der Waals surface area (Å²) < 4.78 is 0. The van der Waals surface area contributed by atoms with Crippen molar-refractivity contribution in [3.05, 3.63) is 35.4 Å². The van der Waals surface area contributed by atoms with Gasteiger partial charge >= 0.3 is 0 Å². The van der Waals surface area contributed by atoms with Gasteiger partial charge in [-0.1, -0.05) is 45.0 Å². The molecule has 0 saturated carbocycles. The minimum absolute atomic E-state index is 0.288. The van der Waals surface area contributed by atoms with Crippen molar-refractivity contribution in [1.29, 1.82) is 0 Å². The second-order valence-electron chi connectivity index (χ2n) is 4.66. The number of nitrogens with one attached hydrogen (secondary N) is 2. The van der Waals surface area contributed by atoms with Crippen LogP contribution in [0.3, 0.4) is 0 Å². The lowest BCUT2D eigenvalue weighted by molar-refractivity contribution is 0.620. The summed E-state index contributed by atoms with van der Waals surface area (Å²) in [6.07, 6.45) is 2.20. The Morgan fingerprint density at radius 2 is 1.67 bits per heavy atom. The third-order valence-corrected chi connectivity index (χ3v) is 3.78. The number of rotatable bonds is 5. The van der Waals surface area contributed by atoms with Gasteiger partial charge in [0.15, 0.2) is 5.11 Å². The zero-order valence-corrected chi connectivity index (χ0v) is 12.6. The minimum Gasteiger partial charge on any atom is -0.366 e. The quantitative estimate of drug-likeness (QED) is 0.792. The molecule has 0 spiro atoms. The summed E-state index contributed by atoms with van der Waals surface area (Å²) in [4.78, 5) is 0. The Hall–Kier alpha value is -1.09. The fourth-order valence-electron chi connectivity index (χ4n) is 1.94. The first-order valence-corrected chi connectivity index (χ1v) is 7.11. The van der Waals surface area contributed by atoms with E-state index in [0.717, 1.165) is 6.42 Å². The fourth-order valence-corrected chi connectivity index (χ4v) is 2.09. The molecule has 2 unspecified atom stereocenters. The lowest BCUT2D eigenvalue weighted by Crippen LogP contribution is -2.35. The highest BCUT2D eigenvalue weighted by Gasteiger charge is 2.10. The number of thiocarbonyl (C=S) groups is 1. The van der Waals surface area contributed by atoms with Gasteiger partial charge in [0.05, 0.1) is 6.04 Å². The van der Waals surface area contributed by atoms with Crippen LogP contribution >= 0.6 is 12.2 Å². The number of benzene rings is 1. The molecule has 18 heavy (non-hydrogen) atoms. The molecule has 0 radical (unpaired) electrons. The Balaban J connectivity index is 2.78. The Morgan fingerprint density at radius 3 is 2.11 bits per heavy atom. The van der Waals surface area contributed by atoms with E-state index in [1.807, 2.05) is 7.05 Å². The van der Waals surface area contributed by atoms with Crippen LogP contribution in [0.25, 0.3) is 0 Å². The van der Waals surface area contributed by atoms with E-state index in [0.29, 0.717) is 11.0 Å². The van der Waals surface area contributed by atoms with Crippen molar-refractivity contribution < 1.29 is 0 Å². The van der Waals surface area contributed by atoms with E-state index in [1.165, 1.54) is 17.5 Å². The van der Waals surface area contributed by atoms with Crippen LogP contribution in [-0.2, 0) is 0 Å². The second kappa shape index (κ2) is 7.37. The normalized spacial score (nSPS) is 13.8. The van der Waals surface area contributed by atoms with E-state index >= 15 is 0 Å². The van der Waals surface area contributed by atoms with Crippen molar-refractivity contribution in [1.82, 2.24) is 10.6 Å². The molecule has 0 heterocycles. The third-order valence-electron chi connectivity index (χ3n) is 3.46. The molecule has 1 aromatic carbocycles. The number of hydrogen-bond acceptors (Lipinski definition) is 1. The lowest BCUT2D eigenvalue weighted by atomic mass is 9.95. The molecule has 0 aliphatic rings. The van der Waals surface area contributed by atoms with Gasteiger partial charge in [-0.05, 0) is 42.1 Å². The largest absolute Gasteiger partial charge is 0.366 e. The zero-order chi connectivity index (χ0) is 13.5. The first-order valence-electron chi connectivity index (χ1n) is 6.70. The summed E-state index contributed by atoms with van der Waals surface area (Å²) in [7, 11) is 1.84. The first-order chi connectivity index (χ1) is 8.62. The lowest BCUT2D eigenvalue weighted by Gasteiger charge is -2.20. The summed E-state index contributed by atoms with van der Waals surface area (Å²) >= 11 is 5.16. The van der Waals surface area contributed by atoms with E-state index in [4.69, 9.17) is 12.2 Å². The molecule has 0 bridgehead atoms. The predicted octanol–water partition coefficient (Wildman–Crippen LogP) is 3.75. The van der Waals surface area contributed by atoms with Crippen LogP contribution in [0.1, 0.15) is 56.7 Å². The maximum absolute atomic E-state index is 5.16. The molecule has 1 aromatic rings. The van der Waals surface area contributed by atoms with Crippen molar-refractivity contribution in [3.8, 4) is 0 Å². The molecular formula is C15H24N2S. The van der Waals surface area contributed by atoms with Gasteiger partial charge in [0.25, 0.3) is 0 Å². The molecule has 1 rings (SSSR count). The highest BCUT2D eigenvalue weighted by Crippen LogP contribution is 2.22. The average molecular weight is 264 g/mol. The molecule has 2 N–H and O–H groups in total. The molecule has 3 heteroatoms. The highest BCUT2D eigenvalue weighted by atomic mass is 32.1. The monoisotopic (exact) mass is 264 g/mol. The molecule has 0 aromatic heterocycles. The van der Waals surface area contributed by atoms with Gasteiger partial charge in [0.2, 0.25) is 0 Å². The van der Waals surface area contributed by atoms with Crippen LogP contribution in [0.5, 0.6) is 0 Å². The van der Waals surface area contributed by atoms with Crippen molar-refractivity contribution in [2.45, 2.75) is 45.6 Å². The van der Waals surface area contributed by atoms with Gasteiger partial charge < -0.3 is 10.6 Å². The summed E-state index contributed by atoms with van der Waals surface area (Å²) in [5.41, 5.74) is 2.70. The molecule has 2 atom stereocenters. The van der Waals surface area contributed by atoms with Gasteiger partial charge in [0, 0.05) is 7.05 Å². The summed E-state index contributed by atoms with van der Waals surface area (Å²) in [5, 5.41) is 6.98. The Labute approximate surface area is 116 Å². The van der Waals surface area contributed by atoms with Gasteiger partial charge in [-0.2, -0.15) is 0 Å². The summed E-state index contributed by atoms with van der Waals surface area (Å²) in [6, 6.07) is 9.17. The Morgan fingerprint density at radius 1 is 1.11 bits per heavy atom. The summed E-state index contributed by atoms with van der Waals surface area (Å²) in [5.74, 6) is 0.630. The third kappa shape index (κ3) is 3.98. The van der Waals surface area contributed by atoms with Crippen LogP contribution in [0.4, 0.5) is 0 Å². The first kappa shape index (κ1) is 15.0. The smallest absolute Gasteiger partial charge is 0.166 e. The summed E-state index contributed by atoms with van der Waals surface area (Å²) in [6.45, 7) is 6.65. The van der Waals surface area contributed by atoms with Crippen LogP contribution in [-0.4, -0.2) is 12.2 Å². The molecule has 0 aliphatic carbocycles. The second-order valence-corrected chi connectivity index (χ2v) is 5.07. The van der Waals surface area contributed by atoms with Gasteiger partial charge in [-0.3, -0.25) is 0 Å². The molecule has 0 saturated heterocycles. The molecule has 0 aliphatic heterocycles. The molecule has 0 fully saturated rings. The predicted molar refractivity (Wildman–Crippen MR) is 83.0 cm³/mol. The van der Waals surface area contributed by atoms with E-state index in [-0.39, 0.29) is 6.04 Å².